The Kier molecular flexibility index (Phi) is 7.64. The molecule has 0 aliphatic carbocycles. The van der Waals surface area contributed by atoms with Crippen LogP contribution in [0.1, 0.15) is 17.2 Å². The number of nitrogens with one attached hydrogen (secondary N) is 1. The first kappa shape index (κ1) is 25.3. The molecule has 0 bridgehead atoms. The van der Waals surface area contributed by atoms with Crippen molar-refractivity contribution in [2.75, 3.05) is 38.1 Å². The number of para-hydroxylation sites is 1. The van der Waals surface area contributed by atoms with Gasteiger partial charge in [0, 0.05) is 22.6 Å². The first-order valence-electron chi connectivity index (χ1n) is 11.0. The summed E-state index contributed by atoms with van der Waals surface area (Å²) in [6, 6.07) is 13.7. The second kappa shape index (κ2) is 10.9. The predicted octanol–water partition coefficient (Wildman–Crippen LogP) is 5.20. The standard InChI is InChI=1S/C26H24F2N2O5S/c1-33-20-10-15(11-21(34-2)26(20)35-3)23-13-25(32)30(19-6-4-5-7-22(19)36-23)14-24(31)29-18-9-8-16(27)12-17(18)28/h4-12,23H,13-14H2,1-3H3,(H,29,31)/t23-/m1/s1. The van der Waals surface area contributed by atoms with E-state index >= 15 is 0 Å². The molecule has 0 unspecified atom stereocenters. The maximum absolute atomic E-state index is 14.0. The van der Waals surface area contributed by atoms with Crippen LogP contribution in [-0.4, -0.2) is 39.7 Å². The zero-order chi connectivity index (χ0) is 25.8. The Bertz CT molecular complexity index is 1280. The Hall–Kier alpha value is -3.79. The van der Waals surface area contributed by atoms with Crippen LogP contribution in [0.2, 0.25) is 0 Å². The average Bonchev–Trinajstić information content (AvgIpc) is 3.01. The summed E-state index contributed by atoms with van der Waals surface area (Å²) in [5.41, 5.74) is 1.19. The summed E-state index contributed by atoms with van der Waals surface area (Å²) in [6.07, 6.45) is 0.0795. The highest BCUT2D eigenvalue weighted by Gasteiger charge is 2.31. The van der Waals surface area contributed by atoms with Crippen molar-refractivity contribution in [1.29, 1.82) is 0 Å². The summed E-state index contributed by atoms with van der Waals surface area (Å²) in [7, 11) is 4.55. The Morgan fingerprint density at radius 3 is 2.36 bits per heavy atom. The van der Waals surface area contributed by atoms with E-state index in [1.807, 2.05) is 12.1 Å². The first-order chi connectivity index (χ1) is 17.3. The maximum Gasteiger partial charge on any atom is 0.244 e. The molecule has 4 rings (SSSR count). The van der Waals surface area contributed by atoms with E-state index in [0.29, 0.717) is 29.0 Å². The summed E-state index contributed by atoms with van der Waals surface area (Å²) < 4.78 is 43.6. The minimum Gasteiger partial charge on any atom is -0.493 e. The summed E-state index contributed by atoms with van der Waals surface area (Å²) in [5, 5.41) is 2.10. The molecule has 3 aromatic carbocycles. The minimum atomic E-state index is -0.899. The molecule has 0 radical (unpaired) electrons. The van der Waals surface area contributed by atoms with Gasteiger partial charge in [0.05, 0.1) is 32.7 Å². The summed E-state index contributed by atoms with van der Waals surface area (Å²) >= 11 is 1.48. The number of nitrogens with zero attached hydrogens (tertiary/aromatic N) is 1. The number of ether oxygens (including phenoxy) is 3. The normalized spacial score (nSPS) is 15.1. The van der Waals surface area contributed by atoms with Crippen molar-refractivity contribution in [3.8, 4) is 17.2 Å². The first-order valence-corrected chi connectivity index (χ1v) is 11.8. The van der Waals surface area contributed by atoms with Gasteiger partial charge < -0.3 is 24.4 Å². The molecule has 7 nitrogen and oxygen atoms in total. The van der Waals surface area contributed by atoms with Crippen molar-refractivity contribution in [2.45, 2.75) is 16.6 Å². The van der Waals surface area contributed by atoms with Crippen LogP contribution >= 0.6 is 11.8 Å². The fourth-order valence-electron chi connectivity index (χ4n) is 3.95. The molecule has 1 heterocycles. The van der Waals surface area contributed by atoms with E-state index in [2.05, 4.69) is 5.32 Å². The highest BCUT2D eigenvalue weighted by molar-refractivity contribution is 7.99. The minimum absolute atomic E-state index is 0.0795. The second-order valence-electron chi connectivity index (χ2n) is 7.89. The van der Waals surface area contributed by atoms with Crippen LogP contribution < -0.4 is 24.4 Å². The highest BCUT2D eigenvalue weighted by Crippen LogP contribution is 2.49. The number of hydrogen-bond donors (Lipinski definition) is 1. The number of benzene rings is 3. The van der Waals surface area contributed by atoms with Crippen molar-refractivity contribution in [1.82, 2.24) is 0 Å². The van der Waals surface area contributed by atoms with Gasteiger partial charge in [-0.15, -0.1) is 11.8 Å². The van der Waals surface area contributed by atoms with Crippen molar-refractivity contribution in [3.63, 3.8) is 0 Å². The van der Waals surface area contributed by atoms with Gasteiger partial charge in [0.15, 0.2) is 11.5 Å². The molecule has 0 saturated heterocycles. The van der Waals surface area contributed by atoms with E-state index in [9.17, 15) is 18.4 Å². The molecule has 1 N–H and O–H groups in total. The van der Waals surface area contributed by atoms with E-state index < -0.39 is 17.5 Å². The number of fused-ring (bicyclic) bond motifs is 1. The van der Waals surface area contributed by atoms with E-state index in [1.165, 1.54) is 38.0 Å². The lowest BCUT2D eigenvalue weighted by atomic mass is 10.1. The Morgan fingerprint density at radius 2 is 1.72 bits per heavy atom. The molecule has 2 amide bonds. The molecule has 188 valence electrons. The van der Waals surface area contributed by atoms with Gasteiger partial charge in [0.25, 0.3) is 0 Å². The quantitative estimate of drug-likeness (QED) is 0.467. The molecule has 3 aromatic rings. The third-order valence-electron chi connectivity index (χ3n) is 5.65. The van der Waals surface area contributed by atoms with Gasteiger partial charge in [-0.3, -0.25) is 9.59 Å². The van der Waals surface area contributed by atoms with Crippen LogP contribution in [0.5, 0.6) is 17.2 Å². The van der Waals surface area contributed by atoms with Gasteiger partial charge in [-0.1, -0.05) is 12.1 Å². The van der Waals surface area contributed by atoms with Crippen molar-refractivity contribution in [3.05, 3.63) is 71.8 Å². The second-order valence-corrected chi connectivity index (χ2v) is 9.13. The molecule has 0 saturated carbocycles. The fourth-order valence-corrected chi connectivity index (χ4v) is 5.21. The summed E-state index contributed by atoms with van der Waals surface area (Å²) in [6.45, 7) is -0.338. The van der Waals surface area contributed by atoms with Gasteiger partial charge in [0.2, 0.25) is 17.6 Å². The molecule has 1 atom stereocenters. The monoisotopic (exact) mass is 514 g/mol. The van der Waals surface area contributed by atoms with Crippen molar-refractivity contribution >= 4 is 35.0 Å². The third-order valence-corrected chi connectivity index (χ3v) is 6.97. The van der Waals surface area contributed by atoms with Gasteiger partial charge in [-0.05, 0) is 42.0 Å². The maximum atomic E-state index is 14.0. The Morgan fingerprint density at radius 1 is 1.03 bits per heavy atom. The van der Waals surface area contributed by atoms with E-state index in [0.717, 1.165) is 22.6 Å². The molecule has 1 aliphatic rings. The van der Waals surface area contributed by atoms with Gasteiger partial charge in [-0.25, -0.2) is 8.78 Å². The predicted molar refractivity (Wildman–Crippen MR) is 133 cm³/mol. The molecule has 0 fully saturated rings. The highest BCUT2D eigenvalue weighted by atomic mass is 32.2. The van der Waals surface area contributed by atoms with E-state index in [-0.39, 0.29) is 29.8 Å². The number of carbonyl (C=O) groups excluding carboxylic acids is 2. The largest absolute Gasteiger partial charge is 0.493 e. The fraction of sp³-hybridized carbons (Fsp3) is 0.231. The van der Waals surface area contributed by atoms with E-state index in [1.54, 1.807) is 24.3 Å². The molecule has 36 heavy (non-hydrogen) atoms. The van der Waals surface area contributed by atoms with Gasteiger partial charge >= 0.3 is 0 Å². The third kappa shape index (κ3) is 5.23. The lowest BCUT2D eigenvalue weighted by Crippen LogP contribution is -2.38. The smallest absolute Gasteiger partial charge is 0.244 e. The average molecular weight is 515 g/mol. The topological polar surface area (TPSA) is 77.1 Å². The van der Waals surface area contributed by atoms with Crippen LogP contribution in [0.15, 0.2) is 59.5 Å². The van der Waals surface area contributed by atoms with Gasteiger partial charge in [-0.2, -0.15) is 0 Å². The number of carbonyl (C=O) groups is 2. The molecule has 0 aromatic heterocycles. The van der Waals surface area contributed by atoms with Crippen molar-refractivity contribution in [2.24, 2.45) is 0 Å². The van der Waals surface area contributed by atoms with Crippen LogP contribution in [0, 0.1) is 11.6 Å². The molecule has 1 aliphatic heterocycles. The number of thioether (sulfide) groups is 1. The number of anilines is 2. The van der Waals surface area contributed by atoms with Crippen LogP contribution in [-0.2, 0) is 9.59 Å². The van der Waals surface area contributed by atoms with E-state index in [4.69, 9.17) is 14.2 Å². The summed E-state index contributed by atoms with van der Waals surface area (Å²) in [4.78, 5) is 28.3. The number of hydrogen-bond acceptors (Lipinski definition) is 6. The van der Waals surface area contributed by atoms with Gasteiger partial charge in [0.1, 0.15) is 18.2 Å². The molecular weight excluding hydrogens is 490 g/mol. The molecular formula is C26H24F2N2O5S. The molecule has 0 spiro atoms. The summed E-state index contributed by atoms with van der Waals surface area (Å²) in [5.74, 6) is -1.17. The van der Waals surface area contributed by atoms with Crippen LogP contribution in [0.3, 0.4) is 0 Å². The molecule has 10 heteroatoms. The number of halogens is 2. The number of amides is 2. The van der Waals surface area contributed by atoms with Crippen LogP contribution in [0.25, 0.3) is 0 Å². The van der Waals surface area contributed by atoms with Crippen LogP contribution in [0.4, 0.5) is 20.2 Å². The number of methoxy groups -OCH3 is 3. The van der Waals surface area contributed by atoms with Crippen molar-refractivity contribution < 1.29 is 32.6 Å². The lowest BCUT2D eigenvalue weighted by molar-refractivity contribution is -0.121. The Balaban J connectivity index is 1.63. The Labute approximate surface area is 211 Å². The SMILES string of the molecule is COc1cc([C@H]2CC(=O)N(CC(=O)Nc3ccc(F)cc3F)c3ccccc3S2)cc(OC)c1OC. The zero-order valence-electron chi connectivity index (χ0n) is 19.8. The number of rotatable bonds is 7. The lowest BCUT2D eigenvalue weighted by Gasteiger charge is -2.22. The zero-order valence-corrected chi connectivity index (χ0v) is 20.7.